The van der Waals surface area contributed by atoms with Crippen LogP contribution in [0, 0.1) is 5.92 Å². The zero-order valence-electron chi connectivity index (χ0n) is 13.6. The Bertz CT molecular complexity index is 730. The topological polar surface area (TPSA) is 45.2 Å². The van der Waals surface area contributed by atoms with Crippen LogP contribution >= 0.6 is 0 Å². The molecule has 1 saturated carbocycles. The predicted octanol–water partition coefficient (Wildman–Crippen LogP) is 3.36. The van der Waals surface area contributed by atoms with Crippen molar-refractivity contribution in [3.63, 3.8) is 0 Å². The molecular weight excluding hydrogens is 286 g/mol. The maximum absolute atomic E-state index is 12.6. The lowest BCUT2D eigenvalue weighted by Gasteiger charge is -2.31. The fourth-order valence-corrected chi connectivity index (χ4v) is 3.24. The molecule has 0 atom stereocenters. The number of rotatable bonds is 3. The fraction of sp³-hybridized carbons (Fsp3) is 0.474. The van der Waals surface area contributed by atoms with E-state index in [1.165, 1.54) is 12.8 Å². The Hall–Kier alpha value is -2.10. The molecule has 120 valence electrons. The molecule has 4 rings (SSSR count). The molecule has 1 aliphatic heterocycles. The van der Waals surface area contributed by atoms with Crippen LogP contribution in [0.1, 0.15) is 43.0 Å². The monoisotopic (exact) mass is 309 g/mol. The van der Waals surface area contributed by atoms with Gasteiger partial charge in [-0.3, -0.25) is 4.79 Å². The summed E-state index contributed by atoms with van der Waals surface area (Å²) in [7, 11) is 0. The van der Waals surface area contributed by atoms with E-state index in [1.54, 1.807) is 0 Å². The molecule has 2 fully saturated rings. The number of nitrogens with zero attached hydrogens (tertiary/aromatic N) is 2. The lowest BCUT2D eigenvalue weighted by Crippen LogP contribution is -2.34. The van der Waals surface area contributed by atoms with Crippen molar-refractivity contribution in [2.24, 2.45) is 5.92 Å². The largest absolute Gasteiger partial charge is 0.357 e. The van der Waals surface area contributed by atoms with Crippen molar-refractivity contribution in [3.8, 4) is 0 Å². The Kier molecular flexibility index (Phi) is 3.68. The number of amides is 1. The summed E-state index contributed by atoms with van der Waals surface area (Å²) in [6.07, 6.45) is 4.59. The van der Waals surface area contributed by atoms with Gasteiger partial charge in [0.15, 0.2) is 0 Å². The third-order valence-corrected chi connectivity index (χ3v) is 4.97. The number of fused-ring (bicyclic) bond motifs is 1. The highest BCUT2D eigenvalue weighted by molar-refractivity contribution is 6.07. The van der Waals surface area contributed by atoms with Gasteiger partial charge in [0.25, 0.3) is 5.91 Å². The minimum atomic E-state index is 0.0396. The third kappa shape index (κ3) is 3.03. The molecule has 0 radical (unpaired) electrons. The first-order valence-electron chi connectivity index (χ1n) is 8.66. The van der Waals surface area contributed by atoms with Crippen LogP contribution in [-0.2, 0) is 0 Å². The van der Waals surface area contributed by atoms with Crippen molar-refractivity contribution >= 4 is 22.6 Å². The van der Waals surface area contributed by atoms with Crippen molar-refractivity contribution in [3.05, 3.63) is 35.9 Å². The number of anilines is 1. The van der Waals surface area contributed by atoms with Gasteiger partial charge in [0.1, 0.15) is 5.82 Å². The second-order valence-electron chi connectivity index (χ2n) is 6.96. The van der Waals surface area contributed by atoms with E-state index in [0.29, 0.717) is 6.04 Å². The molecular formula is C19H23N3O. The summed E-state index contributed by atoms with van der Waals surface area (Å²) < 4.78 is 0. The van der Waals surface area contributed by atoms with E-state index in [0.717, 1.165) is 54.1 Å². The number of para-hydroxylation sites is 1. The molecule has 1 saturated heterocycles. The minimum absolute atomic E-state index is 0.0396. The molecule has 2 heterocycles. The second kappa shape index (κ2) is 5.84. The Balaban J connectivity index is 1.72. The number of pyridine rings is 1. The molecule has 1 aromatic carbocycles. The standard InChI is InChI=1S/C19H23N3O/c1-13-8-10-22(11-9-13)18-12-16(19(23)20-14-6-7-14)15-4-2-3-5-17(15)21-18/h2-5,12-14H,6-11H2,1H3,(H,20,23). The fourth-order valence-electron chi connectivity index (χ4n) is 3.24. The predicted molar refractivity (Wildman–Crippen MR) is 92.8 cm³/mol. The summed E-state index contributed by atoms with van der Waals surface area (Å²) in [6, 6.07) is 10.3. The molecule has 0 bridgehead atoms. The zero-order valence-corrected chi connectivity index (χ0v) is 13.6. The first-order valence-corrected chi connectivity index (χ1v) is 8.66. The number of hydrogen-bond donors (Lipinski definition) is 1. The van der Waals surface area contributed by atoms with Gasteiger partial charge in [-0.1, -0.05) is 25.1 Å². The van der Waals surface area contributed by atoms with Gasteiger partial charge in [-0.05, 0) is 43.7 Å². The van der Waals surface area contributed by atoms with Gasteiger partial charge < -0.3 is 10.2 Å². The summed E-state index contributed by atoms with van der Waals surface area (Å²) in [6.45, 7) is 4.35. The van der Waals surface area contributed by atoms with Gasteiger partial charge >= 0.3 is 0 Å². The second-order valence-corrected chi connectivity index (χ2v) is 6.96. The van der Waals surface area contributed by atoms with E-state index in [1.807, 2.05) is 30.3 Å². The smallest absolute Gasteiger partial charge is 0.252 e. The molecule has 4 heteroatoms. The highest BCUT2D eigenvalue weighted by Gasteiger charge is 2.26. The van der Waals surface area contributed by atoms with Crippen LogP contribution in [0.3, 0.4) is 0 Å². The minimum Gasteiger partial charge on any atom is -0.357 e. The van der Waals surface area contributed by atoms with Gasteiger partial charge in [0.05, 0.1) is 11.1 Å². The van der Waals surface area contributed by atoms with Crippen molar-refractivity contribution < 1.29 is 4.79 Å². The molecule has 1 N–H and O–H groups in total. The van der Waals surface area contributed by atoms with E-state index in [2.05, 4.69) is 17.1 Å². The first-order chi connectivity index (χ1) is 11.2. The van der Waals surface area contributed by atoms with Crippen LogP contribution < -0.4 is 10.2 Å². The zero-order chi connectivity index (χ0) is 15.8. The van der Waals surface area contributed by atoms with Crippen LogP contribution in [0.25, 0.3) is 10.9 Å². The molecule has 1 aliphatic carbocycles. The van der Waals surface area contributed by atoms with Crippen molar-refractivity contribution in [2.45, 2.75) is 38.6 Å². The van der Waals surface area contributed by atoms with Gasteiger partial charge in [-0.25, -0.2) is 4.98 Å². The third-order valence-electron chi connectivity index (χ3n) is 4.97. The van der Waals surface area contributed by atoms with E-state index >= 15 is 0 Å². The average molecular weight is 309 g/mol. The lowest BCUT2D eigenvalue weighted by molar-refractivity contribution is 0.0952. The van der Waals surface area contributed by atoms with Gasteiger partial charge in [-0.15, -0.1) is 0 Å². The lowest BCUT2D eigenvalue weighted by atomic mass is 9.99. The van der Waals surface area contributed by atoms with Gasteiger partial charge in [0, 0.05) is 24.5 Å². The highest BCUT2D eigenvalue weighted by atomic mass is 16.1. The van der Waals surface area contributed by atoms with E-state index < -0.39 is 0 Å². The van der Waals surface area contributed by atoms with Gasteiger partial charge in [0.2, 0.25) is 0 Å². The number of nitrogens with one attached hydrogen (secondary N) is 1. The van der Waals surface area contributed by atoms with Crippen molar-refractivity contribution in [1.29, 1.82) is 0 Å². The molecule has 0 unspecified atom stereocenters. The number of benzene rings is 1. The number of hydrogen-bond acceptors (Lipinski definition) is 3. The van der Waals surface area contributed by atoms with E-state index in [-0.39, 0.29) is 5.91 Å². The Morgan fingerprint density at radius 2 is 1.91 bits per heavy atom. The average Bonchev–Trinajstić information content (AvgIpc) is 3.38. The number of aromatic nitrogens is 1. The van der Waals surface area contributed by atoms with E-state index in [4.69, 9.17) is 4.98 Å². The summed E-state index contributed by atoms with van der Waals surface area (Å²) in [5, 5.41) is 4.06. The number of carbonyl (C=O) groups excluding carboxylic acids is 1. The van der Waals surface area contributed by atoms with Crippen LogP contribution in [0.4, 0.5) is 5.82 Å². The maximum Gasteiger partial charge on any atom is 0.252 e. The molecule has 4 nitrogen and oxygen atoms in total. The van der Waals surface area contributed by atoms with Crippen molar-refractivity contribution in [2.75, 3.05) is 18.0 Å². The Morgan fingerprint density at radius 1 is 1.17 bits per heavy atom. The quantitative estimate of drug-likeness (QED) is 0.945. The normalized spacial score (nSPS) is 19.1. The SMILES string of the molecule is CC1CCN(c2cc(C(=O)NC3CC3)c3ccccc3n2)CC1. The van der Waals surface area contributed by atoms with Crippen LogP contribution in [0.15, 0.2) is 30.3 Å². The number of carbonyl (C=O) groups is 1. The van der Waals surface area contributed by atoms with Crippen LogP contribution in [0.2, 0.25) is 0 Å². The summed E-state index contributed by atoms with van der Waals surface area (Å²) >= 11 is 0. The number of piperidine rings is 1. The van der Waals surface area contributed by atoms with Crippen molar-refractivity contribution in [1.82, 2.24) is 10.3 Å². The Labute approximate surface area is 136 Å². The molecule has 0 spiro atoms. The molecule has 1 aromatic heterocycles. The van der Waals surface area contributed by atoms with Crippen LogP contribution in [-0.4, -0.2) is 30.0 Å². The van der Waals surface area contributed by atoms with Gasteiger partial charge in [-0.2, -0.15) is 0 Å². The first kappa shape index (κ1) is 14.5. The van der Waals surface area contributed by atoms with Crippen LogP contribution in [0.5, 0.6) is 0 Å². The molecule has 2 aliphatic rings. The van der Waals surface area contributed by atoms with E-state index in [9.17, 15) is 4.79 Å². The molecule has 23 heavy (non-hydrogen) atoms. The maximum atomic E-state index is 12.6. The summed E-state index contributed by atoms with van der Waals surface area (Å²) in [4.78, 5) is 19.8. The summed E-state index contributed by atoms with van der Waals surface area (Å²) in [5.41, 5.74) is 1.67. The summed E-state index contributed by atoms with van der Waals surface area (Å²) in [5.74, 6) is 1.76. The molecule has 1 amide bonds. The highest BCUT2D eigenvalue weighted by Crippen LogP contribution is 2.27. The molecule has 2 aromatic rings. The Morgan fingerprint density at radius 3 is 2.65 bits per heavy atom.